The minimum atomic E-state index is -0.00264. The van der Waals surface area contributed by atoms with Crippen LogP contribution in [0.4, 0.5) is 0 Å². The van der Waals surface area contributed by atoms with E-state index in [0.29, 0.717) is 5.41 Å². The number of amidine groups is 1. The van der Waals surface area contributed by atoms with Crippen LogP contribution in [-0.2, 0) is 4.74 Å². The third kappa shape index (κ3) is 3.82. The van der Waals surface area contributed by atoms with Gasteiger partial charge in [0, 0.05) is 25.7 Å². The van der Waals surface area contributed by atoms with Gasteiger partial charge in [-0.2, -0.15) is 0 Å². The van der Waals surface area contributed by atoms with Crippen LogP contribution in [-0.4, -0.2) is 26.1 Å². The molecule has 0 spiro atoms. The van der Waals surface area contributed by atoms with Crippen molar-refractivity contribution in [2.75, 3.05) is 20.3 Å². The van der Waals surface area contributed by atoms with Gasteiger partial charge >= 0.3 is 0 Å². The van der Waals surface area contributed by atoms with Crippen LogP contribution < -0.4 is 5.73 Å². The third-order valence-corrected chi connectivity index (χ3v) is 3.15. The fourth-order valence-corrected chi connectivity index (χ4v) is 1.47. The minimum Gasteiger partial charge on any atom is -0.387 e. The van der Waals surface area contributed by atoms with E-state index >= 15 is 0 Å². The lowest BCUT2D eigenvalue weighted by molar-refractivity contribution is 0.174. The predicted octanol–water partition coefficient (Wildman–Crippen LogP) is 2.21. The van der Waals surface area contributed by atoms with Crippen LogP contribution in [0, 0.1) is 10.8 Å². The van der Waals surface area contributed by atoms with Crippen molar-refractivity contribution in [3.05, 3.63) is 0 Å². The summed E-state index contributed by atoms with van der Waals surface area (Å²) in [6.45, 7) is 8.01. The zero-order chi connectivity index (χ0) is 11.5. The summed E-state index contributed by atoms with van der Waals surface area (Å²) in [5, 5.41) is 0. The molecule has 0 aromatic carbocycles. The maximum absolute atomic E-state index is 5.93. The average Bonchev–Trinajstić information content (AvgIpc) is 2.90. The van der Waals surface area contributed by atoms with Crippen molar-refractivity contribution in [1.82, 2.24) is 0 Å². The topological polar surface area (TPSA) is 47.6 Å². The molecule has 0 bridgehead atoms. The SMILES string of the molecule is COCCC1(CN=C(N)C(C)(C)C)CC1. The Bertz CT molecular complexity index is 236. The van der Waals surface area contributed by atoms with Crippen molar-refractivity contribution < 1.29 is 4.74 Å². The van der Waals surface area contributed by atoms with Gasteiger partial charge in [0.2, 0.25) is 0 Å². The standard InChI is InChI=1S/C12H24N2O/c1-11(2,3)10(13)14-9-12(5-6-12)7-8-15-4/h5-9H2,1-4H3,(H2,13,14). The Labute approximate surface area is 93.1 Å². The molecule has 0 saturated heterocycles. The summed E-state index contributed by atoms with van der Waals surface area (Å²) in [6.07, 6.45) is 3.67. The number of nitrogens with zero attached hydrogens (tertiary/aromatic N) is 1. The molecule has 0 aromatic rings. The molecule has 1 rings (SSSR count). The van der Waals surface area contributed by atoms with E-state index in [1.54, 1.807) is 7.11 Å². The van der Waals surface area contributed by atoms with Crippen molar-refractivity contribution >= 4 is 5.84 Å². The van der Waals surface area contributed by atoms with Crippen molar-refractivity contribution in [3.63, 3.8) is 0 Å². The summed E-state index contributed by atoms with van der Waals surface area (Å²) in [6, 6.07) is 0. The lowest BCUT2D eigenvalue weighted by Gasteiger charge is -2.19. The largest absolute Gasteiger partial charge is 0.387 e. The van der Waals surface area contributed by atoms with Gasteiger partial charge in [0.05, 0.1) is 5.84 Å². The first-order valence-corrected chi connectivity index (χ1v) is 5.69. The maximum atomic E-state index is 5.93. The molecule has 1 saturated carbocycles. The summed E-state index contributed by atoms with van der Waals surface area (Å²) < 4.78 is 5.11. The van der Waals surface area contributed by atoms with Crippen LogP contribution >= 0.6 is 0 Å². The Balaban J connectivity index is 2.42. The molecule has 0 aromatic heterocycles. The third-order valence-electron chi connectivity index (χ3n) is 3.15. The Morgan fingerprint density at radius 1 is 1.40 bits per heavy atom. The van der Waals surface area contributed by atoms with E-state index < -0.39 is 0 Å². The number of rotatable bonds is 5. The zero-order valence-electron chi connectivity index (χ0n) is 10.5. The number of ether oxygens (including phenoxy) is 1. The van der Waals surface area contributed by atoms with Crippen molar-refractivity contribution in [2.24, 2.45) is 21.6 Å². The summed E-state index contributed by atoms with van der Waals surface area (Å²) in [7, 11) is 1.75. The van der Waals surface area contributed by atoms with Gasteiger partial charge in [0.15, 0.2) is 0 Å². The normalized spacial score (nSPS) is 20.4. The molecule has 1 aliphatic carbocycles. The molecule has 0 aliphatic heterocycles. The lowest BCUT2D eigenvalue weighted by Crippen LogP contribution is -2.30. The Kier molecular flexibility index (Phi) is 3.77. The van der Waals surface area contributed by atoms with E-state index in [0.717, 1.165) is 25.4 Å². The highest BCUT2D eigenvalue weighted by atomic mass is 16.5. The fourth-order valence-electron chi connectivity index (χ4n) is 1.47. The monoisotopic (exact) mass is 212 g/mol. The minimum absolute atomic E-state index is 0.00264. The van der Waals surface area contributed by atoms with Crippen molar-refractivity contribution in [3.8, 4) is 0 Å². The second-order valence-corrected chi connectivity index (χ2v) is 5.69. The summed E-state index contributed by atoms with van der Waals surface area (Å²) in [5.74, 6) is 0.770. The molecule has 1 aliphatic rings. The van der Waals surface area contributed by atoms with E-state index in [4.69, 9.17) is 10.5 Å². The molecule has 2 N–H and O–H groups in total. The van der Waals surface area contributed by atoms with Gasteiger partial charge in [-0.1, -0.05) is 20.8 Å². The molecule has 3 nitrogen and oxygen atoms in total. The van der Waals surface area contributed by atoms with Gasteiger partial charge in [0.1, 0.15) is 0 Å². The molecule has 0 amide bonds. The number of aliphatic imine (C=N–C) groups is 1. The maximum Gasteiger partial charge on any atom is 0.0991 e. The molecule has 88 valence electrons. The number of hydrogen-bond donors (Lipinski definition) is 1. The van der Waals surface area contributed by atoms with E-state index in [9.17, 15) is 0 Å². The van der Waals surface area contributed by atoms with Gasteiger partial charge < -0.3 is 10.5 Å². The van der Waals surface area contributed by atoms with Crippen LogP contribution in [0.3, 0.4) is 0 Å². The van der Waals surface area contributed by atoms with E-state index in [1.165, 1.54) is 12.8 Å². The smallest absolute Gasteiger partial charge is 0.0991 e. The average molecular weight is 212 g/mol. The number of methoxy groups -OCH3 is 1. The first kappa shape index (κ1) is 12.5. The highest BCUT2D eigenvalue weighted by Gasteiger charge is 2.41. The van der Waals surface area contributed by atoms with Crippen LogP contribution in [0.5, 0.6) is 0 Å². The number of hydrogen-bond acceptors (Lipinski definition) is 2. The van der Waals surface area contributed by atoms with Gasteiger partial charge in [-0.05, 0) is 24.7 Å². The van der Waals surface area contributed by atoms with Crippen LogP contribution in [0.25, 0.3) is 0 Å². The molecule has 0 radical (unpaired) electrons. The lowest BCUT2D eigenvalue weighted by atomic mass is 9.95. The van der Waals surface area contributed by atoms with Crippen LogP contribution in [0.2, 0.25) is 0 Å². The Hall–Kier alpha value is -0.570. The molecular formula is C12H24N2O. The van der Waals surface area contributed by atoms with E-state index in [2.05, 4.69) is 25.8 Å². The van der Waals surface area contributed by atoms with E-state index in [1.807, 2.05) is 0 Å². The Morgan fingerprint density at radius 2 is 2.00 bits per heavy atom. The first-order valence-electron chi connectivity index (χ1n) is 5.69. The molecular weight excluding hydrogens is 188 g/mol. The van der Waals surface area contributed by atoms with Crippen LogP contribution in [0.15, 0.2) is 4.99 Å². The van der Waals surface area contributed by atoms with Crippen molar-refractivity contribution in [2.45, 2.75) is 40.0 Å². The zero-order valence-corrected chi connectivity index (χ0v) is 10.5. The quantitative estimate of drug-likeness (QED) is 0.561. The summed E-state index contributed by atoms with van der Waals surface area (Å²) >= 11 is 0. The molecule has 1 fully saturated rings. The summed E-state index contributed by atoms with van der Waals surface area (Å²) in [5.41, 5.74) is 6.34. The first-order chi connectivity index (χ1) is 6.90. The molecule has 0 unspecified atom stereocenters. The van der Waals surface area contributed by atoms with Gasteiger partial charge in [-0.25, -0.2) is 0 Å². The molecule has 3 heteroatoms. The highest BCUT2D eigenvalue weighted by molar-refractivity contribution is 5.85. The molecule has 15 heavy (non-hydrogen) atoms. The fraction of sp³-hybridized carbons (Fsp3) is 0.917. The van der Waals surface area contributed by atoms with Gasteiger partial charge in [-0.15, -0.1) is 0 Å². The van der Waals surface area contributed by atoms with Gasteiger partial charge in [-0.3, -0.25) is 4.99 Å². The second kappa shape index (κ2) is 4.52. The second-order valence-electron chi connectivity index (χ2n) is 5.69. The number of nitrogens with two attached hydrogens (primary N) is 1. The Morgan fingerprint density at radius 3 is 2.40 bits per heavy atom. The van der Waals surface area contributed by atoms with Crippen LogP contribution in [0.1, 0.15) is 40.0 Å². The highest BCUT2D eigenvalue weighted by Crippen LogP contribution is 2.49. The van der Waals surface area contributed by atoms with Gasteiger partial charge in [0.25, 0.3) is 0 Å². The molecule has 0 atom stereocenters. The predicted molar refractivity (Wildman–Crippen MR) is 64.1 cm³/mol. The molecule has 0 heterocycles. The summed E-state index contributed by atoms with van der Waals surface area (Å²) in [4.78, 5) is 4.52. The van der Waals surface area contributed by atoms with Crippen molar-refractivity contribution in [1.29, 1.82) is 0 Å². The van der Waals surface area contributed by atoms with E-state index in [-0.39, 0.29) is 5.41 Å².